The molecule has 100 valence electrons. The summed E-state index contributed by atoms with van der Waals surface area (Å²) >= 11 is 3.61. The lowest BCUT2D eigenvalue weighted by Crippen LogP contribution is -2.22. The molecule has 18 heavy (non-hydrogen) atoms. The van der Waals surface area contributed by atoms with Gasteiger partial charge in [-0.2, -0.15) is 5.10 Å². The summed E-state index contributed by atoms with van der Waals surface area (Å²) in [7, 11) is 0. The average molecular weight is 315 g/mol. The van der Waals surface area contributed by atoms with E-state index in [1.807, 2.05) is 10.9 Å². The van der Waals surface area contributed by atoms with Gasteiger partial charge in [0.25, 0.3) is 0 Å². The van der Waals surface area contributed by atoms with E-state index in [1.165, 1.54) is 25.7 Å². The molecule has 1 saturated heterocycles. The van der Waals surface area contributed by atoms with Crippen molar-refractivity contribution < 1.29 is 9.47 Å². The van der Waals surface area contributed by atoms with Crippen LogP contribution in [0.3, 0.4) is 0 Å². The number of rotatable bonds is 3. The third-order valence-electron chi connectivity index (χ3n) is 3.78. The second-order valence-corrected chi connectivity index (χ2v) is 5.89. The smallest absolute Gasteiger partial charge is 0.172 e. The lowest BCUT2D eigenvalue weighted by atomic mass is 10.1. The molecule has 1 aromatic rings. The van der Waals surface area contributed by atoms with Gasteiger partial charge < -0.3 is 9.47 Å². The predicted molar refractivity (Wildman–Crippen MR) is 71.9 cm³/mol. The van der Waals surface area contributed by atoms with Crippen molar-refractivity contribution in [2.75, 3.05) is 13.2 Å². The molecular formula is C13H19BrN2O2. The fourth-order valence-electron chi connectivity index (χ4n) is 2.77. The molecule has 1 aromatic heterocycles. The van der Waals surface area contributed by atoms with E-state index in [4.69, 9.17) is 9.47 Å². The highest BCUT2D eigenvalue weighted by molar-refractivity contribution is 9.10. The zero-order valence-electron chi connectivity index (χ0n) is 10.5. The molecule has 1 aliphatic carbocycles. The van der Waals surface area contributed by atoms with Crippen LogP contribution in [-0.4, -0.2) is 29.1 Å². The summed E-state index contributed by atoms with van der Waals surface area (Å²) in [4.78, 5) is 0. The van der Waals surface area contributed by atoms with E-state index < -0.39 is 0 Å². The van der Waals surface area contributed by atoms with Gasteiger partial charge in [-0.05, 0) is 54.5 Å². The molecule has 1 aliphatic heterocycles. The first-order valence-electron chi connectivity index (χ1n) is 6.82. The zero-order chi connectivity index (χ0) is 12.4. The molecule has 3 rings (SSSR count). The number of hydrogen-bond donors (Lipinski definition) is 0. The second kappa shape index (κ2) is 5.61. The Balaban J connectivity index is 1.70. The van der Waals surface area contributed by atoms with E-state index >= 15 is 0 Å². The number of ether oxygens (including phenoxy) is 2. The second-order valence-electron chi connectivity index (χ2n) is 5.14. The summed E-state index contributed by atoms with van der Waals surface area (Å²) in [5.41, 5.74) is 0. The van der Waals surface area contributed by atoms with Crippen LogP contribution in [0.5, 0.6) is 5.75 Å². The van der Waals surface area contributed by atoms with E-state index in [-0.39, 0.29) is 0 Å². The lowest BCUT2D eigenvalue weighted by Gasteiger charge is -2.23. The Morgan fingerprint density at radius 3 is 2.83 bits per heavy atom. The van der Waals surface area contributed by atoms with Crippen molar-refractivity contribution in [1.82, 2.24) is 9.78 Å². The largest absolute Gasteiger partial charge is 0.486 e. The summed E-state index contributed by atoms with van der Waals surface area (Å²) in [5.74, 6) is 0.882. The molecule has 1 atom stereocenters. The summed E-state index contributed by atoms with van der Waals surface area (Å²) in [6.07, 6.45) is 9.35. The molecular weight excluding hydrogens is 296 g/mol. The van der Waals surface area contributed by atoms with Crippen LogP contribution in [0.15, 0.2) is 10.8 Å². The van der Waals surface area contributed by atoms with Gasteiger partial charge >= 0.3 is 0 Å². The van der Waals surface area contributed by atoms with Crippen LogP contribution in [0, 0.1) is 0 Å². The van der Waals surface area contributed by atoms with Crippen molar-refractivity contribution in [2.45, 2.75) is 50.7 Å². The summed E-state index contributed by atoms with van der Waals surface area (Å²) in [6.45, 7) is 1.63. The molecule has 2 heterocycles. The first-order valence-corrected chi connectivity index (χ1v) is 7.61. The minimum Gasteiger partial charge on any atom is -0.486 e. The highest BCUT2D eigenvalue weighted by Gasteiger charge is 2.23. The molecule has 0 spiro atoms. The van der Waals surface area contributed by atoms with Crippen LogP contribution in [-0.2, 0) is 4.74 Å². The van der Waals surface area contributed by atoms with Gasteiger partial charge in [-0.3, -0.25) is 0 Å². The molecule has 4 nitrogen and oxygen atoms in total. The van der Waals surface area contributed by atoms with Gasteiger partial charge in [0.15, 0.2) is 5.75 Å². The molecule has 2 fully saturated rings. The number of halogens is 1. The van der Waals surface area contributed by atoms with Gasteiger partial charge in [-0.25, -0.2) is 4.68 Å². The fraction of sp³-hybridized carbons (Fsp3) is 0.769. The van der Waals surface area contributed by atoms with Crippen molar-refractivity contribution in [3.8, 4) is 5.75 Å². The lowest BCUT2D eigenvalue weighted by molar-refractivity contribution is 0.0539. The molecule has 5 heteroatoms. The van der Waals surface area contributed by atoms with Gasteiger partial charge in [0.1, 0.15) is 4.60 Å². The van der Waals surface area contributed by atoms with Crippen molar-refractivity contribution >= 4 is 15.9 Å². The maximum atomic E-state index is 6.01. The van der Waals surface area contributed by atoms with Gasteiger partial charge in [-0.15, -0.1) is 0 Å². The Morgan fingerprint density at radius 2 is 2.11 bits per heavy atom. The number of nitrogens with zero attached hydrogens (tertiary/aromatic N) is 2. The Morgan fingerprint density at radius 1 is 1.28 bits per heavy atom. The predicted octanol–water partition coefficient (Wildman–Crippen LogP) is 3.32. The quantitative estimate of drug-likeness (QED) is 0.858. The van der Waals surface area contributed by atoms with Crippen LogP contribution in [0.25, 0.3) is 0 Å². The van der Waals surface area contributed by atoms with E-state index in [0.717, 1.165) is 36.4 Å². The normalized spacial score (nSPS) is 25.5. The van der Waals surface area contributed by atoms with Gasteiger partial charge in [0, 0.05) is 6.61 Å². The number of aromatic nitrogens is 2. The minimum absolute atomic E-state index is 0.342. The van der Waals surface area contributed by atoms with Crippen molar-refractivity contribution in [3.63, 3.8) is 0 Å². The molecule has 0 radical (unpaired) electrons. The molecule has 0 N–H and O–H groups in total. The maximum absolute atomic E-state index is 6.01. The first-order chi connectivity index (χ1) is 8.84. The van der Waals surface area contributed by atoms with Crippen LogP contribution in [0.1, 0.15) is 44.6 Å². The molecule has 1 unspecified atom stereocenters. The molecule has 1 saturated carbocycles. The Hall–Kier alpha value is -0.550. The zero-order valence-corrected chi connectivity index (χ0v) is 12.1. The van der Waals surface area contributed by atoms with E-state index in [2.05, 4.69) is 21.0 Å². The Kier molecular flexibility index (Phi) is 3.89. The van der Waals surface area contributed by atoms with Crippen molar-refractivity contribution in [2.24, 2.45) is 0 Å². The van der Waals surface area contributed by atoms with Gasteiger partial charge in [0.2, 0.25) is 0 Å². The summed E-state index contributed by atoms with van der Waals surface area (Å²) < 4.78 is 14.5. The Labute approximate surface area is 116 Å². The molecule has 2 aliphatic rings. The molecule has 0 bridgehead atoms. The van der Waals surface area contributed by atoms with E-state index in [9.17, 15) is 0 Å². The van der Waals surface area contributed by atoms with Crippen LogP contribution in [0.4, 0.5) is 0 Å². The topological polar surface area (TPSA) is 36.3 Å². The van der Waals surface area contributed by atoms with E-state index in [0.29, 0.717) is 12.1 Å². The van der Waals surface area contributed by atoms with Crippen molar-refractivity contribution in [1.29, 1.82) is 0 Å². The highest BCUT2D eigenvalue weighted by atomic mass is 79.9. The summed E-state index contributed by atoms with van der Waals surface area (Å²) in [5, 5.41) is 4.45. The number of hydrogen-bond acceptors (Lipinski definition) is 3. The third-order valence-corrected chi connectivity index (χ3v) is 4.54. The SMILES string of the molecule is Brc1c(OC2CCCC2)cnn1C1CCCOC1. The van der Waals surface area contributed by atoms with Gasteiger partial charge in [0.05, 0.1) is 24.9 Å². The van der Waals surface area contributed by atoms with Crippen LogP contribution in [0.2, 0.25) is 0 Å². The van der Waals surface area contributed by atoms with Gasteiger partial charge in [-0.1, -0.05) is 0 Å². The van der Waals surface area contributed by atoms with Crippen molar-refractivity contribution in [3.05, 3.63) is 10.8 Å². The van der Waals surface area contributed by atoms with Crippen LogP contribution >= 0.6 is 15.9 Å². The highest BCUT2D eigenvalue weighted by Crippen LogP contribution is 2.33. The fourth-order valence-corrected chi connectivity index (χ4v) is 3.34. The first kappa shape index (κ1) is 12.5. The monoisotopic (exact) mass is 314 g/mol. The molecule has 0 amide bonds. The minimum atomic E-state index is 0.342. The third kappa shape index (κ3) is 2.57. The molecule has 0 aromatic carbocycles. The Bertz CT molecular complexity index is 396. The summed E-state index contributed by atoms with van der Waals surface area (Å²) in [6, 6.07) is 0.342. The van der Waals surface area contributed by atoms with E-state index in [1.54, 1.807) is 0 Å². The average Bonchev–Trinajstić information content (AvgIpc) is 3.03. The van der Waals surface area contributed by atoms with Crippen LogP contribution < -0.4 is 4.74 Å². The standard InChI is InChI=1S/C13H19BrN2O2/c14-13-12(18-11-5-1-2-6-11)8-15-16(13)10-4-3-7-17-9-10/h8,10-11H,1-7,9H2. The maximum Gasteiger partial charge on any atom is 0.172 e.